The minimum absolute atomic E-state index is 0.285. The molecule has 0 spiro atoms. The summed E-state index contributed by atoms with van der Waals surface area (Å²) >= 11 is 9.80. The van der Waals surface area contributed by atoms with Gasteiger partial charge in [-0.15, -0.1) is 0 Å². The standard InChI is InChI=1S/C16H21BrClN3/c1-3-9-19-16(7-5-13-8-10-20-21(13)2)14-11-12(18)4-6-15(14)17/h4,6,8,10-11,16,19H,3,5,7,9H2,1-2H3. The molecular weight excluding hydrogens is 350 g/mol. The zero-order chi connectivity index (χ0) is 15.2. The number of hydrogen-bond donors (Lipinski definition) is 1. The Bertz CT molecular complexity index is 583. The summed E-state index contributed by atoms with van der Waals surface area (Å²) in [5.74, 6) is 0. The molecule has 2 aromatic rings. The third-order valence-electron chi connectivity index (χ3n) is 3.59. The molecule has 0 saturated carbocycles. The highest BCUT2D eigenvalue weighted by molar-refractivity contribution is 9.10. The molecule has 1 unspecified atom stereocenters. The van der Waals surface area contributed by atoms with Gasteiger partial charge in [0.05, 0.1) is 0 Å². The maximum Gasteiger partial charge on any atom is 0.0492 e. The average Bonchev–Trinajstić information content (AvgIpc) is 2.87. The Morgan fingerprint density at radius 1 is 1.38 bits per heavy atom. The number of aryl methyl sites for hydroxylation is 2. The number of nitrogens with zero attached hydrogens (tertiary/aromatic N) is 2. The number of hydrogen-bond acceptors (Lipinski definition) is 2. The fourth-order valence-corrected chi connectivity index (χ4v) is 3.11. The summed E-state index contributed by atoms with van der Waals surface area (Å²) in [6.45, 7) is 3.17. The molecule has 5 heteroatoms. The van der Waals surface area contributed by atoms with Crippen LogP contribution in [0.15, 0.2) is 34.9 Å². The number of aromatic nitrogens is 2. The second kappa shape index (κ2) is 7.97. The van der Waals surface area contributed by atoms with Crippen LogP contribution in [-0.4, -0.2) is 16.3 Å². The van der Waals surface area contributed by atoms with E-state index in [0.717, 1.165) is 35.3 Å². The molecular formula is C16H21BrClN3. The van der Waals surface area contributed by atoms with E-state index in [-0.39, 0.29) is 6.04 Å². The zero-order valence-electron chi connectivity index (χ0n) is 12.4. The minimum atomic E-state index is 0.285. The SMILES string of the molecule is CCCNC(CCc1ccnn1C)c1cc(Cl)ccc1Br. The lowest BCUT2D eigenvalue weighted by Crippen LogP contribution is -2.23. The summed E-state index contributed by atoms with van der Waals surface area (Å²) < 4.78 is 3.04. The van der Waals surface area contributed by atoms with E-state index < -0.39 is 0 Å². The van der Waals surface area contributed by atoms with Gasteiger partial charge in [0.1, 0.15) is 0 Å². The minimum Gasteiger partial charge on any atom is -0.310 e. The second-order valence-electron chi connectivity index (χ2n) is 5.16. The van der Waals surface area contributed by atoms with Gasteiger partial charge in [-0.1, -0.05) is 34.5 Å². The van der Waals surface area contributed by atoms with Gasteiger partial charge in [0, 0.05) is 34.5 Å². The van der Waals surface area contributed by atoms with Crippen LogP contribution >= 0.6 is 27.5 Å². The Balaban J connectivity index is 2.13. The molecule has 1 atom stereocenters. The van der Waals surface area contributed by atoms with Gasteiger partial charge in [-0.05, 0) is 55.6 Å². The predicted octanol–water partition coefficient (Wildman–Crippen LogP) is 4.51. The molecule has 0 saturated heterocycles. The van der Waals surface area contributed by atoms with Crippen molar-refractivity contribution < 1.29 is 0 Å². The van der Waals surface area contributed by atoms with E-state index >= 15 is 0 Å². The third kappa shape index (κ3) is 4.56. The Morgan fingerprint density at radius 3 is 2.86 bits per heavy atom. The van der Waals surface area contributed by atoms with E-state index in [9.17, 15) is 0 Å². The van der Waals surface area contributed by atoms with Crippen molar-refractivity contribution in [3.8, 4) is 0 Å². The molecule has 0 bridgehead atoms. The molecule has 0 amide bonds. The van der Waals surface area contributed by atoms with Crippen LogP contribution in [0.2, 0.25) is 5.02 Å². The van der Waals surface area contributed by atoms with E-state index in [1.54, 1.807) is 0 Å². The van der Waals surface area contributed by atoms with Crippen molar-refractivity contribution in [1.29, 1.82) is 0 Å². The monoisotopic (exact) mass is 369 g/mol. The lowest BCUT2D eigenvalue weighted by Gasteiger charge is -2.20. The highest BCUT2D eigenvalue weighted by atomic mass is 79.9. The van der Waals surface area contributed by atoms with Crippen LogP contribution < -0.4 is 5.32 Å². The van der Waals surface area contributed by atoms with E-state index in [1.807, 2.05) is 36.1 Å². The molecule has 1 aromatic carbocycles. The van der Waals surface area contributed by atoms with Gasteiger partial charge in [0.2, 0.25) is 0 Å². The van der Waals surface area contributed by atoms with Crippen LogP contribution in [0.4, 0.5) is 0 Å². The summed E-state index contributed by atoms with van der Waals surface area (Å²) in [5.41, 5.74) is 2.47. The van der Waals surface area contributed by atoms with Crippen molar-refractivity contribution in [3.05, 3.63) is 51.2 Å². The number of rotatable bonds is 7. The lowest BCUT2D eigenvalue weighted by atomic mass is 10.0. The van der Waals surface area contributed by atoms with Crippen molar-refractivity contribution in [2.45, 2.75) is 32.2 Å². The number of halogens is 2. The van der Waals surface area contributed by atoms with Crippen LogP contribution in [0, 0.1) is 0 Å². The van der Waals surface area contributed by atoms with Crippen LogP contribution in [0.25, 0.3) is 0 Å². The van der Waals surface area contributed by atoms with Crippen LogP contribution in [-0.2, 0) is 13.5 Å². The molecule has 0 radical (unpaired) electrons. The highest BCUT2D eigenvalue weighted by Gasteiger charge is 2.15. The molecule has 1 N–H and O–H groups in total. The average molecular weight is 371 g/mol. The molecule has 0 aliphatic heterocycles. The summed E-state index contributed by atoms with van der Waals surface area (Å²) in [6.07, 6.45) is 4.95. The number of benzene rings is 1. The molecule has 1 aromatic heterocycles. The third-order valence-corrected chi connectivity index (χ3v) is 4.54. The van der Waals surface area contributed by atoms with Crippen molar-refractivity contribution >= 4 is 27.5 Å². The smallest absolute Gasteiger partial charge is 0.0492 e. The summed E-state index contributed by atoms with van der Waals surface area (Å²) in [5, 5.41) is 8.62. The fourth-order valence-electron chi connectivity index (χ4n) is 2.41. The predicted molar refractivity (Wildman–Crippen MR) is 91.7 cm³/mol. The van der Waals surface area contributed by atoms with Crippen LogP contribution in [0.3, 0.4) is 0 Å². The quantitative estimate of drug-likeness (QED) is 0.777. The van der Waals surface area contributed by atoms with Crippen molar-refractivity contribution in [1.82, 2.24) is 15.1 Å². The molecule has 1 heterocycles. The Hall–Kier alpha value is -0.840. The number of nitrogens with one attached hydrogen (secondary N) is 1. The van der Waals surface area contributed by atoms with Gasteiger partial charge >= 0.3 is 0 Å². The Kier molecular flexibility index (Phi) is 6.27. The Morgan fingerprint density at radius 2 is 2.19 bits per heavy atom. The largest absolute Gasteiger partial charge is 0.310 e. The lowest BCUT2D eigenvalue weighted by molar-refractivity contribution is 0.490. The van der Waals surface area contributed by atoms with Gasteiger partial charge in [0.25, 0.3) is 0 Å². The maximum atomic E-state index is 6.16. The summed E-state index contributed by atoms with van der Waals surface area (Å²) in [4.78, 5) is 0. The van der Waals surface area contributed by atoms with Crippen LogP contribution in [0.5, 0.6) is 0 Å². The van der Waals surface area contributed by atoms with Gasteiger partial charge < -0.3 is 5.32 Å². The van der Waals surface area contributed by atoms with Crippen molar-refractivity contribution in [3.63, 3.8) is 0 Å². The molecule has 0 aliphatic carbocycles. The second-order valence-corrected chi connectivity index (χ2v) is 6.45. The molecule has 0 aliphatic rings. The Labute approximate surface area is 139 Å². The molecule has 21 heavy (non-hydrogen) atoms. The molecule has 0 fully saturated rings. The first-order chi connectivity index (χ1) is 10.1. The first kappa shape index (κ1) is 16.5. The van der Waals surface area contributed by atoms with Crippen LogP contribution in [0.1, 0.15) is 37.1 Å². The van der Waals surface area contributed by atoms with E-state index in [2.05, 4.69) is 39.3 Å². The van der Waals surface area contributed by atoms with E-state index in [1.165, 1.54) is 11.3 Å². The molecule has 114 valence electrons. The molecule has 2 rings (SSSR count). The van der Waals surface area contributed by atoms with E-state index in [4.69, 9.17) is 11.6 Å². The summed E-state index contributed by atoms with van der Waals surface area (Å²) in [6, 6.07) is 8.33. The van der Waals surface area contributed by atoms with Gasteiger partial charge in [-0.3, -0.25) is 4.68 Å². The van der Waals surface area contributed by atoms with Gasteiger partial charge in [-0.2, -0.15) is 5.10 Å². The zero-order valence-corrected chi connectivity index (χ0v) is 14.8. The van der Waals surface area contributed by atoms with Gasteiger partial charge in [0.15, 0.2) is 0 Å². The highest BCUT2D eigenvalue weighted by Crippen LogP contribution is 2.29. The van der Waals surface area contributed by atoms with Crippen molar-refractivity contribution in [2.75, 3.05) is 6.54 Å². The van der Waals surface area contributed by atoms with E-state index in [0.29, 0.717) is 0 Å². The first-order valence-electron chi connectivity index (χ1n) is 7.27. The van der Waals surface area contributed by atoms with Crippen molar-refractivity contribution in [2.24, 2.45) is 7.05 Å². The normalized spacial score (nSPS) is 12.6. The topological polar surface area (TPSA) is 29.9 Å². The fraction of sp³-hybridized carbons (Fsp3) is 0.438. The maximum absolute atomic E-state index is 6.16. The molecule has 3 nitrogen and oxygen atoms in total. The first-order valence-corrected chi connectivity index (χ1v) is 8.44. The summed E-state index contributed by atoms with van der Waals surface area (Å²) in [7, 11) is 1.99. The van der Waals surface area contributed by atoms with Gasteiger partial charge in [-0.25, -0.2) is 0 Å².